The van der Waals surface area contributed by atoms with Crippen molar-refractivity contribution >= 4 is 21.7 Å². The standard InChI is InChI=1S/C22H20N2O4S/c1-16-8-5-6-13-20(16)22(26)24-23-21(25)18-10-7-9-17(14-18)15-29(27,28)19-11-3-2-4-12-19/h2-14H,15H2,1H3,(H,23,25)(H,24,26). The van der Waals surface area contributed by atoms with Gasteiger partial charge in [0.05, 0.1) is 10.6 Å². The van der Waals surface area contributed by atoms with E-state index in [2.05, 4.69) is 10.9 Å². The number of hydrogen-bond acceptors (Lipinski definition) is 4. The summed E-state index contributed by atoms with van der Waals surface area (Å²) in [5, 5.41) is 0. The van der Waals surface area contributed by atoms with Crippen LogP contribution in [0.4, 0.5) is 0 Å². The first-order valence-corrected chi connectivity index (χ1v) is 10.5. The smallest absolute Gasteiger partial charge is 0.267 e. The molecule has 0 aromatic heterocycles. The second kappa shape index (κ2) is 8.70. The van der Waals surface area contributed by atoms with Gasteiger partial charge in [-0.25, -0.2) is 8.42 Å². The molecule has 0 aliphatic rings. The van der Waals surface area contributed by atoms with Crippen LogP contribution in [0.3, 0.4) is 0 Å². The molecule has 2 N–H and O–H groups in total. The second-order valence-corrected chi connectivity index (χ2v) is 8.49. The summed E-state index contributed by atoms with van der Waals surface area (Å²) in [7, 11) is -3.52. The molecule has 0 bridgehead atoms. The molecule has 0 unspecified atom stereocenters. The predicted octanol–water partition coefficient (Wildman–Crippen LogP) is 3.04. The van der Waals surface area contributed by atoms with Crippen LogP contribution in [-0.2, 0) is 15.6 Å². The van der Waals surface area contributed by atoms with Crippen molar-refractivity contribution in [3.63, 3.8) is 0 Å². The number of sulfone groups is 1. The van der Waals surface area contributed by atoms with Crippen LogP contribution in [0, 0.1) is 6.92 Å². The predicted molar refractivity (Wildman–Crippen MR) is 110 cm³/mol. The summed E-state index contributed by atoms with van der Waals surface area (Å²) >= 11 is 0. The van der Waals surface area contributed by atoms with Gasteiger partial charge in [-0.3, -0.25) is 20.4 Å². The molecule has 3 rings (SSSR count). The molecule has 0 heterocycles. The van der Waals surface area contributed by atoms with Gasteiger partial charge in [-0.05, 0) is 48.4 Å². The molecular weight excluding hydrogens is 388 g/mol. The molecule has 0 atom stereocenters. The Hall–Kier alpha value is -3.45. The van der Waals surface area contributed by atoms with E-state index in [4.69, 9.17) is 0 Å². The molecule has 7 heteroatoms. The molecular formula is C22H20N2O4S. The number of hydrazine groups is 1. The summed E-state index contributed by atoms with van der Waals surface area (Å²) in [6, 6.07) is 21.4. The van der Waals surface area contributed by atoms with Crippen LogP contribution in [0.1, 0.15) is 31.8 Å². The van der Waals surface area contributed by atoms with Crippen molar-refractivity contribution in [3.8, 4) is 0 Å². The van der Waals surface area contributed by atoms with Gasteiger partial charge in [-0.15, -0.1) is 0 Å². The summed E-state index contributed by atoms with van der Waals surface area (Å²) in [5.74, 6) is -1.20. The number of hydrogen-bond donors (Lipinski definition) is 2. The van der Waals surface area contributed by atoms with Crippen LogP contribution in [0.5, 0.6) is 0 Å². The highest BCUT2D eigenvalue weighted by atomic mass is 32.2. The minimum atomic E-state index is -3.52. The van der Waals surface area contributed by atoms with Crippen molar-refractivity contribution in [1.29, 1.82) is 0 Å². The monoisotopic (exact) mass is 408 g/mol. The fourth-order valence-electron chi connectivity index (χ4n) is 2.81. The Kier molecular flexibility index (Phi) is 6.09. The van der Waals surface area contributed by atoms with E-state index in [1.54, 1.807) is 61.5 Å². The Bertz CT molecular complexity index is 1140. The maximum Gasteiger partial charge on any atom is 0.269 e. The van der Waals surface area contributed by atoms with Gasteiger partial charge in [0.1, 0.15) is 0 Å². The van der Waals surface area contributed by atoms with Gasteiger partial charge >= 0.3 is 0 Å². The van der Waals surface area contributed by atoms with Gasteiger partial charge in [0.25, 0.3) is 11.8 Å². The summed E-state index contributed by atoms with van der Waals surface area (Å²) in [5.41, 5.74) is 6.70. The van der Waals surface area contributed by atoms with E-state index in [9.17, 15) is 18.0 Å². The van der Waals surface area contributed by atoms with Crippen LogP contribution < -0.4 is 10.9 Å². The van der Waals surface area contributed by atoms with Gasteiger partial charge in [-0.2, -0.15) is 0 Å². The van der Waals surface area contributed by atoms with Crippen LogP contribution >= 0.6 is 0 Å². The molecule has 0 fully saturated rings. The minimum Gasteiger partial charge on any atom is -0.267 e. The van der Waals surface area contributed by atoms with Crippen molar-refractivity contribution < 1.29 is 18.0 Å². The topological polar surface area (TPSA) is 92.3 Å². The average molecular weight is 408 g/mol. The summed E-state index contributed by atoms with van der Waals surface area (Å²) in [6.07, 6.45) is 0. The first-order chi connectivity index (χ1) is 13.9. The lowest BCUT2D eigenvalue weighted by atomic mass is 10.1. The number of aryl methyl sites for hydroxylation is 1. The van der Waals surface area contributed by atoms with Crippen molar-refractivity contribution in [2.45, 2.75) is 17.6 Å². The molecule has 6 nitrogen and oxygen atoms in total. The molecule has 0 saturated heterocycles. The SMILES string of the molecule is Cc1ccccc1C(=O)NNC(=O)c1cccc(CS(=O)(=O)c2ccccc2)c1. The Morgan fingerprint density at radius 3 is 2.17 bits per heavy atom. The van der Waals surface area contributed by atoms with E-state index in [1.807, 2.05) is 6.07 Å². The third-order valence-corrected chi connectivity index (χ3v) is 6.03. The van der Waals surface area contributed by atoms with Crippen molar-refractivity contribution in [2.75, 3.05) is 0 Å². The largest absolute Gasteiger partial charge is 0.269 e. The number of nitrogens with one attached hydrogen (secondary N) is 2. The third kappa shape index (κ3) is 5.08. The Labute approximate surface area is 169 Å². The van der Waals surface area contributed by atoms with E-state index in [0.29, 0.717) is 11.1 Å². The normalized spacial score (nSPS) is 10.9. The zero-order chi connectivity index (χ0) is 20.9. The molecule has 2 amide bonds. The highest BCUT2D eigenvalue weighted by molar-refractivity contribution is 7.90. The molecule has 0 aliphatic heterocycles. The molecule has 0 saturated carbocycles. The maximum absolute atomic E-state index is 12.5. The lowest BCUT2D eigenvalue weighted by Crippen LogP contribution is -2.41. The highest BCUT2D eigenvalue weighted by Gasteiger charge is 2.16. The Morgan fingerprint density at radius 2 is 1.45 bits per heavy atom. The summed E-state index contributed by atoms with van der Waals surface area (Å²) in [6.45, 7) is 1.80. The molecule has 148 valence electrons. The van der Waals surface area contributed by atoms with Gasteiger partial charge in [0, 0.05) is 11.1 Å². The number of amides is 2. The van der Waals surface area contributed by atoms with Crippen molar-refractivity contribution in [1.82, 2.24) is 10.9 Å². The van der Waals surface area contributed by atoms with E-state index in [1.165, 1.54) is 18.2 Å². The molecule has 3 aromatic carbocycles. The molecule has 3 aromatic rings. The van der Waals surface area contributed by atoms with Gasteiger partial charge < -0.3 is 0 Å². The quantitative estimate of drug-likeness (QED) is 0.635. The molecule has 0 radical (unpaired) electrons. The van der Waals surface area contributed by atoms with Crippen LogP contribution in [0.25, 0.3) is 0 Å². The van der Waals surface area contributed by atoms with E-state index in [-0.39, 0.29) is 16.2 Å². The van der Waals surface area contributed by atoms with Crippen LogP contribution in [-0.4, -0.2) is 20.2 Å². The minimum absolute atomic E-state index is 0.223. The first kappa shape index (κ1) is 20.3. The summed E-state index contributed by atoms with van der Waals surface area (Å²) in [4.78, 5) is 24.8. The number of benzene rings is 3. The van der Waals surface area contributed by atoms with Crippen LogP contribution in [0.15, 0.2) is 83.8 Å². The van der Waals surface area contributed by atoms with Gasteiger partial charge in [0.15, 0.2) is 9.84 Å². The van der Waals surface area contributed by atoms with Gasteiger partial charge in [-0.1, -0.05) is 48.5 Å². The first-order valence-electron chi connectivity index (χ1n) is 8.90. The number of carbonyl (C=O) groups excluding carboxylic acids is 2. The Morgan fingerprint density at radius 1 is 0.793 bits per heavy atom. The van der Waals surface area contributed by atoms with E-state index >= 15 is 0 Å². The third-order valence-electron chi connectivity index (χ3n) is 4.33. The average Bonchev–Trinajstić information content (AvgIpc) is 2.72. The zero-order valence-electron chi connectivity index (χ0n) is 15.8. The fraction of sp³-hybridized carbons (Fsp3) is 0.0909. The van der Waals surface area contributed by atoms with Gasteiger partial charge in [0.2, 0.25) is 0 Å². The lowest BCUT2D eigenvalue weighted by molar-refractivity contribution is 0.0846. The van der Waals surface area contributed by atoms with Crippen LogP contribution in [0.2, 0.25) is 0 Å². The zero-order valence-corrected chi connectivity index (χ0v) is 16.6. The summed E-state index contributed by atoms with van der Waals surface area (Å²) < 4.78 is 25.1. The fourth-order valence-corrected chi connectivity index (χ4v) is 4.17. The maximum atomic E-state index is 12.5. The van der Waals surface area contributed by atoms with Crippen molar-refractivity contribution in [3.05, 3.63) is 101 Å². The molecule has 0 aliphatic carbocycles. The highest BCUT2D eigenvalue weighted by Crippen LogP contribution is 2.17. The number of carbonyl (C=O) groups is 2. The Balaban J connectivity index is 1.68. The molecule has 29 heavy (non-hydrogen) atoms. The second-order valence-electron chi connectivity index (χ2n) is 6.50. The van der Waals surface area contributed by atoms with E-state index < -0.39 is 21.7 Å². The number of rotatable bonds is 5. The van der Waals surface area contributed by atoms with E-state index in [0.717, 1.165) is 5.56 Å². The molecule has 0 spiro atoms. The lowest BCUT2D eigenvalue weighted by Gasteiger charge is -2.10. The van der Waals surface area contributed by atoms with Crippen molar-refractivity contribution in [2.24, 2.45) is 0 Å².